The van der Waals surface area contributed by atoms with Crippen LogP contribution >= 0.6 is 0 Å². The smallest absolute Gasteiger partial charge is 0.335 e. The Morgan fingerprint density at radius 2 is 1.16 bits per heavy atom. The lowest BCUT2D eigenvalue weighted by molar-refractivity contribution is -0.126. The number of hydrogen-bond acceptors (Lipinski definition) is 3. The highest BCUT2D eigenvalue weighted by atomic mass is 19.1. The average Bonchev–Trinajstić information content (AvgIpc) is 2.75. The van der Waals surface area contributed by atoms with E-state index in [-0.39, 0.29) is 28.7 Å². The van der Waals surface area contributed by atoms with Crippen molar-refractivity contribution in [1.29, 1.82) is 0 Å². The van der Waals surface area contributed by atoms with Gasteiger partial charge in [0.2, 0.25) is 0 Å². The van der Waals surface area contributed by atoms with E-state index in [1.165, 1.54) is 37.3 Å². The average molecular weight is 432 g/mol. The number of benzene rings is 3. The standard InChI is InChI=1S/C26H21FO5/c1-14(28)21-22(15-6-10-17(11-7-15)25(29)30)23(16-8-12-18(13-9-16)26(31)32)24(21)19-4-2-3-5-20(19)27/h2-13,21-24H,1H3,(H,29,30)(H,31,32)/t21?,22?,23-,24-/m0/s1. The van der Waals surface area contributed by atoms with Gasteiger partial charge in [0.15, 0.2) is 0 Å². The van der Waals surface area contributed by atoms with Gasteiger partial charge >= 0.3 is 11.9 Å². The van der Waals surface area contributed by atoms with Gasteiger partial charge in [0, 0.05) is 17.8 Å². The van der Waals surface area contributed by atoms with Gasteiger partial charge in [-0.3, -0.25) is 4.79 Å². The number of carboxylic acid groups (broad SMARTS) is 2. The molecule has 0 heterocycles. The Kier molecular flexibility index (Phi) is 5.61. The SMILES string of the molecule is CC(=O)C1C(c2ccc(C(=O)O)cc2)[C@H](c2ccc(C(=O)O)cc2)[C@H]1c1ccccc1F. The minimum Gasteiger partial charge on any atom is -0.478 e. The quantitative estimate of drug-likeness (QED) is 0.566. The van der Waals surface area contributed by atoms with Crippen molar-refractivity contribution in [1.82, 2.24) is 0 Å². The fraction of sp³-hybridized carbons (Fsp3) is 0.192. The number of rotatable bonds is 6. The molecule has 1 fully saturated rings. The maximum absolute atomic E-state index is 14.8. The summed E-state index contributed by atoms with van der Waals surface area (Å²) in [6.07, 6.45) is 0. The maximum atomic E-state index is 14.8. The Hall–Kier alpha value is -3.80. The fourth-order valence-corrected chi connectivity index (χ4v) is 4.91. The van der Waals surface area contributed by atoms with Gasteiger partial charge in [0.1, 0.15) is 11.6 Å². The van der Waals surface area contributed by atoms with Crippen molar-refractivity contribution in [2.24, 2.45) is 5.92 Å². The van der Waals surface area contributed by atoms with Crippen molar-refractivity contribution in [3.63, 3.8) is 0 Å². The monoisotopic (exact) mass is 432 g/mol. The molecule has 2 unspecified atom stereocenters. The van der Waals surface area contributed by atoms with Gasteiger partial charge in [-0.05, 0) is 59.9 Å². The molecule has 4 atom stereocenters. The van der Waals surface area contributed by atoms with Crippen molar-refractivity contribution < 1.29 is 29.0 Å². The van der Waals surface area contributed by atoms with Crippen LogP contribution in [-0.2, 0) is 4.79 Å². The molecular weight excluding hydrogens is 411 g/mol. The first-order valence-corrected chi connectivity index (χ1v) is 10.2. The highest BCUT2D eigenvalue weighted by Crippen LogP contribution is 2.62. The maximum Gasteiger partial charge on any atom is 0.335 e. The van der Waals surface area contributed by atoms with E-state index >= 15 is 0 Å². The topological polar surface area (TPSA) is 91.7 Å². The summed E-state index contributed by atoms with van der Waals surface area (Å²) in [5, 5.41) is 18.4. The Morgan fingerprint density at radius 1 is 0.688 bits per heavy atom. The largest absolute Gasteiger partial charge is 0.478 e. The van der Waals surface area contributed by atoms with Crippen LogP contribution in [0.3, 0.4) is 0 Å². The van der Waals surface area contributed by atoms with Crippen molar-refractivity contribution in [2.75, 3.05) is 0 Å². The van der Waals surface area contributed by atoms with E-state index in [1.54, 1.807) is 42.5 Å². The number of ketones is 1. The van der Waals surface area contributed by atoms with E-state index in [0.29, 0.717) is 5.56 Å². The molecular formula is C26H21FO5. The summed E-state index contributed by atoms with van der Waals surface area (Å²) >= 11 is 0. The van der Waals surface area contributed by atoms with Gasteiger partial charge in [-0.25, -0.2) is 14.0 Å². The third-order valence-electron chi connectivity index (χ3n) is 6.37. The van der Waals surface area contributed by atoms with Crippen LogP contribution in [0.4, 0.5) is 4.39 Å². The van der Waals surface area contributed by atoms with Crippen LogP contribution in [0.25, 0.3) is 0 Å². The van der Waals surface area contributed by atoms with Crippen LogP contribution in [0, 0.1) is 11.7 Å². The highest BCUT2D eigenvalue weighted by Gasteiger charge is 2.54. The molecule has 6 heteroatoms. The van der Waals surface area contributed by atoms with Crippen LogP contribution in [0.5, 0.6) is 0 Å². The number of hydrogen-bond donors (Lipinski definition) is 2. The summed E-state index contributed by atoms with van der Waals surface area (Å²) < 4.78 is 14.8. The predicted molar refractivity (Wildman–Crippen MR) is 116 cm³/mol. The lowest BCUT2D eigenvalue weighted by Crippen LogP contribution is -2.45. The molecule has 4 rings (SSSR count). The summed E-state index contributed by atoms with van der Waals surface area (Å²) in [5.41, 5.74) is 2.31. The Balaban J connectivity index is 1.83. The lowest BCUT2D eigenvalue weighted by Gasteiger charge is -2.52. The number of carbonyl (C=O) groups excluding carboxylic acids is 1. The molecule has 0 spiro atoms. The summed E-state index contributed by atoms with van der Waals surface area (Å²) in [7, 11) is 0. The van der Waals surface area contributed by atoms with E-state index in [2.05, 4.69) is 0 Å². The van der Waals surface area contributed by atoms with Crippen molar-refractivity contribution in [3.8, 4) is 0 Å². The zero-order valence-corrected chi connectivity index (χ0v) is 17.2. The molecule has 1 aliphatic carbocycles. The molecule has 0 aromatic heterocycles. The zero-order valence-electron chi connectivity index (χ0n) is 17.2. The molecule has 0 amide bonds. The highest BCUT2D eigenvalue weighted by molar-refractivity contribution is 5.88. The van der Waals surface area contributed by atoms with E-state index in [9.17, 15) is 29.0 Å². The van der Waals surface area contributed by atoms with Crippen molar-refractivity contribution >= 4 is 17.7 Å². The Morgan fingerprint density at radius 3 is 1.59 bits per heavy atom. The van der Waals surface area contributed by atoms with E-state index < -0.39 is 29.6 Å². The molecule has 0 saturated heterocycles. The molecule has 5 nitrogen and oxygen atoms in total. The lowest BCUT2D eigenvalue weighted by atomic mass is 9.49. The van der Waals surface area contributed by atoms with Crippen LogP contribution < -0.4 is 0 Å². The van der Waals surface area contributed by atoms with Gasteiger partial charge in [-0.2, -0.15) is 0 Å². The van der Waals surface area contributed by atoms with Crippen molar-refractivity contribution in [3.05, 3.63) is 106 Å². The molecule has 32 heavy (non-hydrogen) atoms. The molecule has 2 N–H and O–H groups in total. The summed E-state index contributed by atoms with van der Waals surface area (Å²) in [4.78, 5) is 35.2. The number of halogens is 1. The van der Waals surface area contributed by atoms with Crippen LogP contribution in [0.2, 0.25) is 0 Å². The van der Waals surface area contributed by atoms with Crippen LogP contribution in [0.15, 0.2) is 72.8 Å². The summed E-state index contributed by atoms with van der Waals surface area (Å²) in [5.74, 6) is -4.05. The molecule has 162 valence electrons. The minimum absolute atomic E-state index is 0.0797. The van der Waals surface area contributed by atoms with Gasteiger partial charge in [-0.15, -0.1) is 0 Å². The normalized spacial score (nSPS) is 22.1. The van der Waals surface area contributed by atoms with Gasteiger partial charge in [0.25, 0.3) is 0 Å². The number of Topliss-reactive ketones (excluding diaryl/α,β-unsaturated/α-hetero) is 1. The summed E-state index contributed by atoms with van der Waals surface area (Å²) in [6.45, 7) is 1.49. The third-order valence-corrected chi connectivity index (χ3v) is 6.37. The second-order valence-electron chi connectivity index (χ2n) is 8.09. The van der Waals surface area contributed by atoms with E-state index in [1.807, 2.05) is 0 Å². The fourth-order valence-electron chi connectivity index (χ4n) is 4.91. The van der Waals surface area contributed by atoms with Gasteiger partial charge in [0.05, 0.1) is 11.1 Å². The second-order valence-corrected chi connectivity index (χ2v) is 8.09. The molecule has 1 aliphatic rings. The predicted octanol–water partition coefficient (Wildman–Crippen LogP) is 5.09. The molecule has 0 aliphatic heterocycles. The minimum atomic E-state index is -1.04. The van der Waals surface area contributed by atoms with E-state index in [0.717, 1.165) is 11.1 Å². The van der Waals surface area contributed by atoms with Crippen LogP contribution in [0.1, 0.15) is 62.1 Å². The van der Waals surface area contributed by atoms with Crippen LogP contribution in [-0.4, -0.2) is 27.9 Å². The summed E-state index contributed by atoms with van der Waals surface area (Å²) in [6, 6.07) is 19.2. The molecule has 0 bridgehead atoms. The molecule has 3 aromatic rings. The first-order valence-electron chi connectivity index (χ1n) is 10.2. The Bertz CT molecular complexity index is 1180. The first kappa shape index (κ1) is 21.4. The zero-order chi connectivity index (χ0) is 23.0. The van der Waals surface area contributed by atoms with Crippen molar-refractivity contribution in [2.45, 2.75) is 24.7 Å². The van der Waals surface area contributed by atoms with E-state index in [4.69, 9.17) is 0 Å². The number of aromatic carboxylic acids is 2. The molecule has 3 aromatic carbocycles. The number of carbonyl (C=O) groups is 3. The number of carboxylic acids is 2. The Labute approximate surface area is 184 Å². The first-order chi connectivity index (χ1) is 15.3. The second kappa shape index (κ2) is 8.38. The molecule has 0 radical (unpaired) electrons. The van der Waals surface area contributed by atoms with Gasteiger partial charge < -0.3 is 10.2 Å². The third kappa shape index (κ3) is 3.68. The van der Waals surface area contributed by atoms with Gasteiger partial charge in [-0.1, -0.05) is 42.5 Å². The molecule has 1 saturated carbocycles.